The highest BCUT2D eigenvalue weighted by Crippen LogP contribution is 2.13. The van der Waals surface area contributed by atoms with Crippen molar-refractivity contribution >= 4 is 17.7 Å². The molecule has 0 radical (unpaired) electrons. The molecule has 0 unspecified atom stereocenters. The van der Waals surface area contributed by atoms with Crippen LogP contribution in [0.15, 0.2) is 18.3 Å². The lowest BCUT2D eigenvalue weighted by Crippen LogP contribution is -2.48. The van der Waals surface area contributed by atoms with E-state index in [-0.39, 0.29) is 17.4 Å². The molecule has 1 aliphatic heterocycles. The van der Waals surface area contributed by atoms with Crippen molar-refractivity contribution in [1.29, 1.82) is 0 Å². The molecule has 0 saturated carbocycles. The lowest BCUT2D eigenvalue weighted by atomic mass is 10.3. The van der Waals surface area contributed by atoms with Gasteiger partial charge in [0.05, 0.1) is 5.69 Å². The van der Waals surface area contributed by atoms with E-state index < -0.39 is 5.97 Å². The summed E-state index contributed by atoms with van der Waals surface area (Å²) < 4.78 is 0. The summed E-state index contributed by atoms with van der Waals surface area (Å²) in [5.41, 5.74) is 0.0731. The number of nitrogens with one attached hydrogen (secondary N) is 1. The van der Waals surface area contributed by atoms with Crippen LogP contribution in [0.5, 0.6) is 0 Å². The van der Waals surface area contributed by atoms with Gasteiger partial charge in [0.2, 0.25) is 0 Å². The highest BCUT2D eigenvalue weighted by atomic mass is 16.4. The van der Waals surface area contributed by atoms with Gasteiger partial charge in [-0.05, 0) is 19.2 Å². The van der Waals surface area contributed by atoms with Gasteiger partial charge < -0.3 is 20.2 Å². The van der Waals surface area contributed by atoms with Crippen LogP contribution in [-0.2, 0) is 0 Å². The zero-order valence-electron chi connectivity index (χ0n) is 10.7. The van der Waals surface area contributed by atoms with E-state index in [0.29, 0.717) is 13.1 Å². The van der Waals surface area contributed by atoms with Crippen LogP contribution in [0.2, 0.25) is 0 Å². The van der Waals surface area contributed by atoms with Crippen LogP contribution in [0, 0.1) is 0 Å². The highest BCUT2D eigenvalue weighted by Gasteiger charge is 2.21. The van der Waals surface area contributed by atoms with E-state index in [1.54, 1.807) is 11.0 Å². The molecule has 19 heavy (non-hydrogen) atoms. The predicted molar refractivity (Wildman–Crippen MR) is 69.3 cm³/mol. The lowest BCUT2D eigenvalue weighted by Gasteiger charge is -2.32. The van der Waals surface area contributed by atoms with Gasteiger partial charge in [-0.3, -0.25) is 0 Å². The number of piperazine rings is 1. The Labute approximate surface area is 110 Å². The number of carboxylic acids is 1. The zero-order chi connectivity index (χ0) is 13.8. The molecule has 7 heteroatoms. The first-order chi connectivity index (χ1) is 9.08. The molecule has 1 aromatic heterocycles. The summed E-state index contributed by atoms with van der Waals surface area (Å²) in [6, 6.07) is 2.83. The largest absolute Gasteiger partial charge is 0.476 e. The van der Waals surface area contributed by atoms with Gasteiger partial charge in [-0.25, -0.2) is 14.6 Å². The molecule has 1 fully saturated rings. The van der Waals surface area contributed by atoms with Gasteiger partial charge in [-0.15, -0.1) is 0 Å². The summed E-state index contributed by atoms with van der Waals surface area (Å²) in [6.07, 6.45) is 1.38. The maximum absolute atomic E-state index is 12.0. The molecule has 0 spiro atoms. The normalized spacial score (nSPS) is 16.2. The number of rotatable bonds is 2. The van der Waals surface area contributed by atoms with Crippen LogP contribution in [0.25, 0.3) is 0 Å². The third-order valence-electron chi connectivity index (χ3n) is 3.04. The molecule has 1 aromatic rings. The number of anilines is 1. The highest BCUT2D eigenvalue weighted by molar-refractivity contribution is 5.98. The molecule has 2 amide bonds. The Morgan fingerprint density at radius 2 is 2.00 bits per heavy atom. The summed E-state index contributed by atoms with van der Waals surface area (Å²) in [7, 11) is 2.00. The molecule has 7 nitrogen and oxygen atoms in total. The second kappa shape index (κ2) is 5.66. The number of carbonyl (C=O) groups excluding carboxylic acids is 1. The average Bonchev–Trinajstić information content (AvgIpc) is 2.39. The van der Waals surface area contributed by atoms with Crippen molar-refractivity contribution in [3.05, 3.63) is 24.0 Å². The zero-order valence-corrected chi connectivity index (χ0v) is 10.7. The van der Waals surface area contributed by atoms with Crippen LogP contribution in [0.4, 0.5) is 10.5 Å². The van der Waals surface area contributed by atoms with Crippen LogP contribution < -0.4 is 5.32 Å². The van der Waals surface area contributed by atoms with Crippen molar-refractivity contribution in [2.75, 3.05) is 38.5 Å². The SMILES string of the molecule is CN1CCN(C(=O)Nc2cccnc2C(=O)O)CC1. The van der Waals surface area contributed by atoms with Gasteiger partial charge in [0.15, 0.2) is 5.69 Å². The number of carbonyl (C=O) groups is 2. The number of likely N-dealkylation sites (N-methyl/N-ethyl adjacent to an activating group) is 1. The number of carboxylic acid groups (broad SMARTS) is 1. The Morgan fingerprint density at radius 1 is 1.32 bits per heavy atom. The van der Waals surface area contributed by atoms with Crippen LogP contribution in [-0.4, -0.2) is 65.1 Å². The predicted octanol–water partition coefficient (Wildman–Crippen LogP) is 0.559. The van der Waals surface area contributed by atoms with E-state index in [2.05, 4.69) is 15.2 Å². The Morgan fingerprint density at radius 3 is 2.63 bits per heavy atom. The maximum Gasteiger partial charge on any atom is 0.356 e. The van der Waals surface area contributed by atoms with E-state index in [4.69, 9.17) is 5.11 Å². The van der Waals surface area contributed by atoms with Crippen LogP contribution in [0.3, 0.4) is 0 Å². The standard InChI is InChI=1S/C12H16N4O3/c1-15-5-7-16(8-6-15)12(19)14-9-3-2-4-13-10(9)11(17)18/h2-4H,5-8H2,1H3,(H,14,19)(H,17,18). The fourth-order valence-electron chi connectivity index (χ4n) is 1.88. The first-order valence-corrected chi connectivity index (χ1v) is 6.00. The summed E-state index contributed by atoms with van der Waals surface area (Å²) in [4.78, 5) is 30.6. The minimum Gasteiger partial charge on any atom is -0.476 e. The molecular weight excluding hydrogens is 248 g/mol. The smallest absolute Gasteiger partial charge is 0.356 e. The molecular formula is C12H16N4O3. The van der Waals surface area contributed by atoms with Crippen molar-refractivity contribution in [2.24, 2.45) is 0 Å². The number of urea groups is 1. The Balaban J connectivity index is 2.05. The number of amides is 2. The van der Waals surface area contributed by atoms with E-state index in [1.807, 2.05) is 7.05 Å². The van der Waals surface area contributed by atoms with E-state index >= 15 is 0 Å². The Hall–Kier alpha value is -2.15. The maximum atomic E-state index is 12.0. The number of hydrogen-bond donors (Lipinski definition) is 2. The van der Waals surface area contributed by atoms with Gasteiger partial charge in [0, 0.05) is 32.4 Å². The Kier molecular flexibility index (Phi) is 3.96. The van der Waals surface area contributed by atoms with Crippen LogP contribution >= 0.6 is 0 Å². The fourth-order valence-corrected chi connectivity index (χ4v) is 1.88. The van der Waals surface area contributed by atoms with Crippen molar-refractivity contribution in [2.45, 2.75) is 0 Å². The Bertz CT molecular complexity index is 484. The third-order valence-corrected chi connectivity index (χ3v) is 3.04. The summed E-state index contributed by atoms with van der Waals surface area (Å²) in [6.45, 7) is 2.88. The van der Waals surface area contributed by atoms with Gasteiger partial charge >= 0.3 is 12.0 Å². The average molecular weight is 264 g/mol. The quantitative estimate of drug-likeness (QED) is 0.815. The summed E-state index contributed by atoms with van der Waals surface area (Å²) in [5, 5.41) is 11.6. The second-order valence-corrected chi connectivity index (χ2v) is 4.43. The molecule has 1 aliphatic rings. The first-order valence-electron chi connectivity index (χ1n) is 6.00. The van der Waals surface area contributed by atoms with E-state index in [1.165, 1.54) is 12.3 Å². The van der Waals surface area contributed by atoms with Crippen molar-refractivity contribution in [1.82, 2.24) is 14.8 Å². The summed E-state index contributed by atoms with van der Waals surface area (Å²) >= 11 is 0. The second-order valence-electron chi connectivity index (χ2n) is 4.43. The molecule has 2 rings (SSSR count). The van der Waals surface area contributed by atoms with Crippen molar-refractivity contribution in [3.63, 3.8) is 0 Å². The minimum atomic E-state index is -1.16. The number of hydrogen-bond acceptors (Lipinski definition) is 4. The first kappa shape index (κ1) is 13.3. The molecule has 2 heterocycles. The minimum absolute atomic E-state index is 0.148. The molecule has 0 atom stereocenters. The topological polar surface area (TPSA) is 85.8 Å². The van der Waals surface area contributed by atoms with E-state index in [9.17, 15) is 9.59 Å². The molecule has 0 aliphatic carbocycles. The van der Waals surface area contributed by atoms with E-state index in [0.717, 1.165) is 13.1 Å². The van der Waals surface area contributed by atoms with Gasteiger partial charge in [0.25, 0.3) is 0 Å². The third kappa shape index (κ3) is 3.19. The van der Waals surface area contributed by atoms with Crippen LogP contribution in [0.1, 0.15) is 10.5 Å². The summed E-state index contributed by atoms with van der Waals surface area (Å²) in [5.74, 6) is -1.16. The number of aromatic nitrogens is 1. The number of aromatic carboxylic acids is 1. The number of pyridine rings is 1. The number of nitrogens with zero attached hydrogens (tertiary/aromatic N) is 3. The van der Waals surface area contributed by atoms with Crippen molar-refractivity contribution < 1.29 is 14.7 Å². The lowest BCUT2D eigenvalue weighted by molar-refractivity contribution is 0.0691. The molecule has 2 N–H and O–H groups in total. The fraction of sp³-hybridized carbons (Fsp3) is 0.417. The molecule has 102 valence electrons. The van der Waals surface area contributed by atoms with Gasteiger partial charge in [-0.2, -0.15) is 0 Å². The monoisotopic (exact) mass is 264 g/mol. The molecule has 1 saturated heterocycles. The van der Waals surface area contributed by atoms with Crippen molar-refractivity contribution in [3.8, 4) is 0 Å². The van der Waals surface area contributed by atoms with Gasteiger partial charge in [0.1, 0.15) is 0 Å². The van der Waals surface area contributed by atoms with Gasteiger partial charge in [-0.1, -0.05) is 0 Å². The molecule has 0 bridgehead atoms. The molecule has 0 aromatic carbocycles.